The molecule has 0 aliphatic carbocycles. The fraction of sp³-hybridized carbons (Fsp3) is 0.429. The third kappa shape index (κ3) is 2.76. The van der Waals surface area contributed by atoms with Gasteiger partial charge in [-0.05, 0) is 30.5 Å². The maximum atomic E-state index is 12.1. The van der Waals surface area contributed by atoms with E-state index in [4.69, 9.17) is 4.74 Å². The van der Waals surface area contributed by atoms with Gasteiger partial charge in [0.15, 0.2) is 0 Å². The first-order chi connectivity index (χ1) is 8.74. The molecule has 1 N–H and O–H groups in total. The molecule has 0 unspecified atom stereocenters. The van der Waals surface area contributed by atoms with Gasteiger partial charge in [-0.15, -0.1) is 6.58 Å². The highest BCUT2D eigenvalue weighted by Gasteiger charge is 2.27. The molecule has 96 valence electrons. The minimum absolute atomic E-state index is 0.00193. The second-order valence-corrected chi connectivity index (χ2v) is 4.34. The molecule has 2 atom stereocenters. The Morgan fingerprint density at radius 3 is 3.28 bits per heavy atom. The van der Waals surface area contributed by atoms with Gasteiger partial charge in [0, 0.05) is 12.8 Å². The molecule has 4 nitrogen and oxygen atoms in total. The van der Waals surface area contributed by atoms with Crippen molar-refractivity contribution in [3.63, 3.8) is 0 Å². The van der Waals surface area contributed by atoms with Crippen molar-refractivity contribution in [2.24, 2.45) is 0 Å². The number of aryl methyl sites for hydroxylation is 1. The molecule has 1 saturated heterocycles. The van der Waals surface area contributed by atoms with Crippen LogP contribution in [0.1, 0.15) is 29.4 Å². The van der Waals surface area contributed by atoms with Crippen molar-refractivity contribution >= 4 is 5.91 Å². The lowest BCUT2D eigenvalue weighted by molar-refractivity contribution is 0.0895. The monoisotopic (exact) mass is 246 g/mol. The molecular formula is C14H18N2O2. The second-order valence-electron chi connectivity index (χ2n) is 4.34. The molecular weight excluding hydrogens is 228 g/mol. The van der Waals surface area contributed by atoms with E-state index in [0.29, 0.717) is 12.3 Å². The normalized spacial score (nSPS) is 22.7. The molecule has 1 aromatic rings. The zero-order valence-electron chi connectivity index (χ0n) is 10.6. The third-order valence-corrected chi connectivity index (χ3v) is 3.15. The summed E-state index contributed by atoms with van der Waals surface area (Å²) in [4.78, 5) is 16.2. The van der Waals surface area contributed by atoms with E-state index in [1.54, 1.807) is 12.3 Å². The first kappa shape index (κ1) is 12.8. The number of amides is 1. The highest BCUT2D eigenvalue weighted by Crippen LogP contribution is 2.14. The standard InChI is InChI=1S/C14H18N2O2/c1-3-10-5-7-15-12(9-10)14(17)16-11-6-8-18-13(11)4-2/h4-5,7,9,11,13H,2-3,6,8H2,1H3,(H,16,17)/t11-,13+/m1/s1. The molecule has 1 aliphatic heterocycles. The molecule has 0 bridgehead atoms. The average molecular weight is 246 g/mol. The third-order valence-electron chi connectivity index (χ3n) is 3.15. The van der Waals surface area contributed by atoms with E-state index >= 15 is 0 Å². The van der Waals surface area contributed by atoms with Gasteiger partial charge in [0.25, 0.3) is 5.91 Å². The maximum absolute atomic E-state index is 12.1. The Kier molecular flexibility index (Phi) is 4.10. The lowest BCUT2D eigenvalue weighted by Crippen LogP contribution is -2.39. The van der Waals surface area contributed by atoms with Crippen molar-refractivity contribution in [3.8, 4) is 0 Å². The van der Waals surface area contributed by atoms with E-state index in [0.717, 1.165) is 18.4 Å². The Balaban J connectivity index is 2.04. The minimum Gasteiger partial charge on any atom is -0.372 e. The van der Waals surface area contributed by atoms with Crippen LogP contribution in [0.4, 0.5) is 0 Å². The fourth-order valence-corrected chi connectivity index (χ4v) is 2.06. The molecule has 2 rings (SSSR count). The summed E-state index contributed by atoms with van der Waals surface area (Å²) in [6.07, 6.45) is 5.02. The molecule has 0 spiro atoms. The summed E-state index contributed by atoms with van der Waals surface area (Å²) in [5.41, 5.74) is 1.57. The summed E-state index contributed by atoms with van der Waals surface area (Å²) in [5.74, 6) is -0.146. The van der Waals surface area contributed by atoms with Crippen molar-refractivity contribution in [1.29, 1.82) is 0 Å². The van der Waals surface area contributed by atoms with Gasteiger partial charge in [0.05, 0.1) is 12.1 Å². The summed E-state index contributed by atoms with van der Waals surface area (Å²) < 4.78 is 5.44. The number of carbonyl (C=O) groups excluding carboxylic acids is 1. The molecule has 1 amide bonds. The summed E-state index contributed by atoms with van der Waals surface area (Å²) in [5, 5.41) is 2.95. The SMILES string of the molecule is C=C[C@@H]1OCC[C@H]1NC(=O)c1cc(CC)ccn1. The van der Waals surface area contributed by atoms with Gasteiger partial charge < -0.3 is 10.1 Å². The molecule has 1 aromatic heterocycles. The smallest absolute Gasteiger partial charge is 0.270 e. The van der Waals surface area contributed by atoms with Gasteiger partial charge in [-0.2, -0.15) is 0 Å². The Bertz CT molecular complexity index is 445. The molecule has 4 heteroatoms. The quantitative estimate of drug-likeness (QED) is 0.823. The van der Waals surface area contributed by atoms with Crippen molar-refractivity contribution in [2.45, 2.75) is 31.9 Å². The molecule has 0 aromatic carbocycles. The van der Waals surface area contributed by atoms with E-state index < -0.39 is 0 Å². The van der Waals surface area contributed by atoms with Crippen LogP contribution in [0.15, 0.2) is 31.0 Å². The number of aromatic nitrogens is 1. The van der Waals surface area contributed by atoms with Crippen LogP contribution in [-0.4, -0.2) is 29.6 Å². The average Bonchev–Trinajstić information content (AvgIpc) is 2.86. The minimum atomic E-state index is -0.146. The number of nitrogens with one attached hydrogen (secondary N) is 1. The Labute approximate surface area is 107 Å². The number of hydrogen-bond acceptors (Lipinski definition) is 3. The van der Waals surface area contributed by atoms with Gasteiger partial charge in [0.1, 0.15) is 5.69 Å². The van der Waals surface area contributed by atoms with E-state index in [1.165, 1.54) is 0 Å². The predicted molar refractivity (Wildman–Crippen MR) is 69.4 cm³/mol. The van der Waals surface area contributed by atoms with Gasteiger partial charge in [-0.3, -0.25) is 9.78 Å². The van der Waals surface area contributed by atoms with Crippen molar-refractivity contribution in [2.75, 3.05) is 6.61 Å². The Hall–Kier alpha value is -1.68. The lowest BCUT2D eigenvalue weighted by Gasteiger charge is -2.16. The van der Waals surface area contributed by atoms with E-state index in [-0.39, 0.29) is 18.1 Å². The van der Waals surface area contributed by atoms with Crippen LogP contribution < -0.4 is 5.32 Å². The first-order valence-electron chi connectivity index (χ1n) is 6.24. The molecule has 0 radical (unpaired) electrons. The van der Waals surface area contributed by atoms with Gasteiger partial charge in [-0.25, -0.2) is 0 Å². The topological polar surface area (TPSA) is 51.2 Å². The zero-order valence-corrected chi connectivity index (χ0v) is 10.6. The largest absolute Gasteiger partial charge is 0.372 e. The van der Waals surface area contributed by atoms with Crippen LogP contribution in [0.3, 0.4) is 0 Å². The summed E-state index contributed by atoms with van der Waals surface area (Å²) in [7, 11) is 0. The van der Waals surface area contributed by atoms with Crippen LogP contribution in [-0.2, 0) is 11.2 Å². The number of ether oxygens (including phenoxy) is 1. The molecule has 18 heavy (non-hydrogen) atoms. The zero-order chi connectivity index (χ0) is 13.0. The lowest BCUT2D eigenvalue weighted by atomic mass is 10.1. The Morgan fingerprint density at radius 1 is 1.72 bits per heavy atom. The maximum Gasteiger partial charge on any atom is 0.270 e. The molecule has 1 aliphatic rings. The fourth-order valence-electron chi connectivity index (χ4n) is 2.06. The highest BCUT2D eigenvalue weighted by molar-refractivity contribution is 5.92. The summed E-state index contributed by atoms with van der Waals surface area (Å²) in [6.45, 7) is 6.42. The van der Waals surface area contributed by atoms with E-state index in [2.05, 4.69) is 23.8 Å². The number of nitrogens with zero attached hydrogens (tertiary/aromatic N) is 1. The first-order valence-corrected chi connectivity index (χ1v) is 6.24. The number of rotatable bonds is 4. The van der Waals surface area contributed by atoms with Crippen LogP contribution in [0.5, 0.6) is 0 Å². The van der Waals surface area contributed by atoms with Crippen molar-refractivity contribution in [3.05, 3.63) is 42.2 Å². The number of carbonyl (C=O) groups is 1. The van der Waals surface area contributed by atoms with Crippen molar-refractivity contribution in [1.82, 2.24) is 10.3 Å². The van der Waals surface area contributed by atoms with Crippen molar-refractivity contribution < 1.29 is 9.53 Å². The van der Waals surface area contributed by atoms with Gasteiger partial charge in [0.2, 0.25) is 0 Å². The van der Waals surface area contributed by atoms with Crippen LogP contribution in [0.2, 0.25) is 0 Å². The second kappa shape index (κ2) is 5.78. The molecule has 0 saturated carbocycles. The number of hydrogen-bond donors (Lipinski definition) is 1. The Morgan fingerprint density at radius 2 is 2.56 bits per heavy atom. The number of pyridine rings is 1. The van der Waals surface area contributed by atoms with E-state index in [1.807, 2.05) is 12.1 Å². The summed E-state index contributed by atoms with van der Waals surface area (Å²) >= 11 is 0. The molecule has 1 fully saturated rings. The van der Waals surface area contributed by atoms with Crippen LogP contribution >= 0.6 is 0 Å². The highest BCUT2D eigenvalue weighted by atomic mass is 16.5. The predicted octanol–water partition coefficient (Wildman–Crippen LogP) is 1.72. The van der Waals surface area contributed by atoms with E-state index in [9.17, 15) is 4.79 Å². The summed E-state index contributed by atoms with van der Waals surface area (Å²) in [6, 6.07) is 3.75. The van der Waals surface area contributed by atoms with Crippen LogP contribution in [0, 0.1) is 0 Å². The van der Waals surface area contributed by atoms with Gasteiger partial charge in [-0.1, -0.05) is 13.0 Å². The van der Waals surface area contributed by atoms with Gasteiger partial charge >= 0.3 is 0 Å². The molecule has 2 heterocycles. The van der Waals surface area contributed by atoms with Crippen LogP contribution in [0.25, 0.3) is 0 Å².